The molecule has 0 spiro atoms. The smallest absolute Gasteiger partial charge is 0.309 e. The molecule has 2 aliphatic heterocycles. The van der Waals surface area contributed by atoms with Crippen molar-refractivity contribution in [1.82, 2.24) is 9.37 Å². The van der Waals surface area contributed by atoms with Crippen LogP contribution in [0.4, 0.5) is 0 Å². The predicted octanol–water partition coefficient (Wildman–Crippen LogP) is 3.16. The van der Waals surface area contributed by atoms with E-state index in [4.69, 9.17) is 14.3 Å². The minimum Gasteiger partial charge on any atom is -0.489 e. The molecule has 0 unspecified atom stereocenters. The number of hydroxylamine groups is 2. The number of piperidine rings is 1. The maximum atomic E-state index is 13.6. The van der Waals surface area contributed by atoms with E-state index < -0.39 is 21.3 Å². The van der Waals surface area contributed by atoms with Crippen molar-refractivity contribution in [3.63, 3.8) is 0 Å². The van der Waals surface area contributed by atoms with Crippen molar-refractivity contribution in [2.24, 2.45) is 5.92 Å². The van der Waals surface area contributed by atoms with Crippen LogP contribution in [0, 0.1) is 5.92 Å². The molecule has 0 bridgehead atoms. The number of hydrogen-bond donors (Lipinski definition) is 0. The van der Waals surface area contributed by atoms with Gasteiger partial charge in [0.05, 0.1) is 25.2 Å². The minimum atomic E-state index is -3.65. The third kappa shape index (κ3) is 5.43. The van der Waals surface area contributed by atoms with Crippen LogP contribution in [0.25, 0.3) is 0 Å². The Morgan fingerprint density at radius 2 is 1.82 bits per heavy atom. The van der Waals surface area contributed by atoms with Crippen molar-refractivity contribution in [2.45, 2.75) is 37.7 Å². The van der Waals surface area contributed by atoms with Crippen molar-refractivity contribution in [3.8, 4) is 5.75 Å². The van der Waals surface area contributed by atoms with Gasteiger partial charge in [-0.25, -0.2) is 12.7 Å². The number of nitrogens with zero attached hydrogens (tertiary/aromatic N) is 2. The number of carbonyl (C=O) groups excluding carboxylic acids is 1. The number of rotatable bonds is 8. The van der Waals surface area contributed by atoms with Crippen LogP contribution in [0.1, 0.15) is 36.9 Å². The van der Waals surface area contributed by atoms with E-state index in [1.165, 1.54) is 4.31 Å². The van der Waals surface area contributed by atoms with Gasteiger partial charge in [-0.05, 0) is 43.0 Å². The Labute approximate surface area is 201 Å². The molecule has 2 heterocycles. The van der Waals surface area contributed by atoms with Crippen LogP contribution in [0.2, 0.25) is 0 Å². The number of hydrogen-bond acceptors (Lipinski definition) is 7. The molecule has 9 heteroatoms. The lowest BCUT2D eigenvalue weighted by Crippen LogP contribution is -2.46. The summed E-state index contributed by atoms with van der Waals surface area (Å²) in [6.45, 7) is 3.22. The molecule has 0 amide bonds. The van der Waals surface area contributed by atoms with Gasteiger partial charge in [0.15, 0.2) is 0 Å². The molecule has 0 radical (unpaired) electrons. The van der Waals surface area contributed by atoms with Crippen LogP contribution >= 0.6 is 0 Å². The lowest BCUT2D eigenvalue weighted by molar-refractivity contribution is -0.149. The Hall–Kier alpha value is -2.46. The fraction of sp³-hybridized carbons (Fsp3) is 0.480. The van der Waals surface area contributed by atoms with Crippen molar-refractivity contribution in [1.29, 1.82) is 0 Å². The maximum Gasteiger partial charge on any atom is 0.309 e. The molecule has 2 atom stereocenters. The van der Waals surface area contributed by atoms with Gasteiger partial charge in [-0.2, -0.15) is 5.06 Å². The van der Waals surface area contributed by atoms with E-state index in [-0.39, 0.29) is 18.5 Å². The summed E-state index contributed by atoms with van der Waals surface area (Å²) in [7, 11) is -1.89. The molecule has 34 heavy (non-hydrogen) atoms. The average Bonchev–Trinajstić information content (AvgIpc) is 3.26. The Balaban J connectivity index is 1.46. The SMILES string of the molecule is CCOC(=O)C1CCN(S(=O)(=O)[C@H]2CON(C)[C@H]2c2cccc(OCc3ccccc3)c2)CC1. The summed E-state index contributed by atoms with van der Waals surface area (Å²) >= 11 is 0. The molecule has 0 N–H and O–H groups in total. The Kier molecular flexibility index (Phi) is 7.88. The third-order valence-corrected chi connectivity index (χ3v) is 8.69. The minimum absolute atomic E-state index is 0.0798. The standard InChI is InChI=1S/C25H32N2O6S/c1-3-31-25(28)20-12-14-27(15-13-20)34(29,30)23-18-33-26(2)24(23)21-10-7-11-22(16-21)32-17-19-8-5-4-6-9-19/h4-11,16,20,23-24H,3,12-15,17-18H2,1-2H3/t23-,24-/m0/s1. The highest BCUT2D eigenvalue weighted by Crippen LogP contribution is 2.37. The molecule has 184 valence electrons. The highest BCUT2D eigenvalue weighted by atomic mass is 32.2. The first-order chi connectivity index (χ1) is 16.4. The molecule has 2 aromatic rings. The van der Waals surface area contributed by atoms with Crippen LogP contribution in [0.5, 0.6) is 5.75 Å². The summed E-state index contributed by atoms with van der Waals surface area (Å²) in [5.74, 6) is 0.185. The van der Waals surface area contributed by atoms with Gasteiger partial charge in [-0.1, -0.05) is 42.5 Å². The van der Waals surface area contributed by atoms with Crippen molar-refractivity contribution >= 4 is 16.0 Å². The van der Waals surface area contributed by atoms with E-state index in [1.54, 1.807) is 19.0 Å². The zero-order valence-electron chi connectivity index (χ0n) is 19.6. The van der Waals surface area contributed by atoms with E-state index in [0.717, 1.165) is 11.1 Å². The molecule has 8 nitrogen and oxygen atoms in total. The first kappa shape index (κ1) is 24.7. The number of sulfonamides is 1. The van der Waals surface area contributed by atoms with Gasteiger partial charge in [0.1, 0.15) is 17.6 Å². The summed E-state index contributed by atoms with van der Waals surface area (Å²) in [5.41, 5.74) is 1.88. The summed E-state index contributed by atoms with van der Waals surface area (Å²) in [4.78, 5) is 17.7. The van der Waals surface area contributed by atoms with E-state index >= 15 is 0 Å². The van der Waals surface area contributed by atoms with Crippen LogP contribution in [0.15, 0.2) is 54.6 Å². The Bertz CT molecular complexity index is 1070. The highest BCUT2D eigenvalue weighted by molar-refractivity contribution is 7.89. The van der Waals surface area contributed by atoms with Crippen LogP contribution in [-0.4, -0.2) is 62.4 Å². The van der Waals surface area contributed by atoms with Gasteiger partial charge in [0, 0.05) is 20.1 Å². The topological polar surface area (TPSA) is 85.4 Å². The van der Waals surface area contributed by atoms with Gasteiger partial charge in [-0.15, -0.1) is 0 Å². The first-order valence-electron chi connectivity index (χ1n) is 11.7. The molecule has 0 aromatic heterocycles. The Morgan fingerprint density at radius 1 is 1.09 bits per heavy atom. The third-order valence-electron chi connectivity index (χ3n) is 6.45. The zero-order chi connectivity index (χ0) is 24.1. The summed E-state index contributed by atoms with van der Waals surface area (Å²) in [6, 6.07) is 16.9. The second-order valence-electron chi connectivity index (χ2n) is 8.64. The normalized spacial score (nSPS) is 22.5. The molecule has 2 aromatic carbocycles. The van der Waals surface area contributed by atoms with Gasteiger partial charge in [0.25, 0.3) is 0 Å². The number of esters is 1. The molecule has 2 aliphatic rings. The Morgan fingerprint density at radius 3 is 2.53 bits per heavy atom. The van der Waals surface area contributed by atoms with Gasteiger partial charge in [-0.3, -0.25) is 9.63 Å². The van der Waals surface area contributed by atoms with Crippen molar-refractivity contribution < 1.29 is 27.5 Å². The molecule has 2 saturated heterocycles. The van der Waals surface area contributed by atoms with E-state index in [9.17, 15) is 13.2 Å². The van der Waals surface area contributed by atoms with Gasteiger partial charge in [0.2, 0.25) is 10.0 Å². The van der Waals surface area contributed by atoms with Crippen LogP contribution < -0.4 is 4.74 Å². The van der Waals surface area contributed by atoms with Gasteiger partial charge >= 0.3 is 5.97 Å². The molecular formula is C25H32N2O6S. The van der Waals surface area contributed by atoms with Gasteiger partial charge < -0.3 is 9.47 Å². The van der Waals surface area contributed by atoms with E-state index in [0.29, 0.717) is 44.9 Å². The molecule has 0 aliphatic carbocycles. The van der Waals surface area contributed by atoms with Crippen molar-refractivity contribution in [2.75, 3.05) is 33.4 Å². The second kappa shape index (κ2) is 10.9. The lowest BCUT2D eigenvalue weighted by Gasteiger charge is -2.33. The fourth-order valence-corrected chi connectivity index (χ4v) is 6.59. The zero-order valence-corrected chi connectivity index (χ0v) is 20.4. The predicted molar refractivity (Wildman–Crippen MR) is 127 cm³/mol. The monoisotopic (exact) mass is 488 g/mol. The van der Waals surface area contributed by atoms with Crippen molar-refractivity contribution in [3.05, 3.63) is 65.7 Å². The van der Waals surface area contributed by atoms with Crippen LogP contribution in [0.3, 0.4) is 0 Å². The summed E-state index contributed by atoms with van der Waals surface area (Å²) in [5, 5.41) is 0.866. The molecular weight excluding hydrogens is 456 g/mol. The largest absolute Gasteiger partial charge is 0.489 e. The summed E-state index contributed by atoms with van der Waals surface area (Å²) in [6.07, 6.45) is 0.934. The lowest BCUT2D eigenvalue weighted by atomic mass is 9.98. The van der Waals surface area contributed by atoms with Crippen LogP contribution in [-0.2, 0) is 31.0 Å². The number of carbonyl (C=O) groups is 1. The fourth-order valence-electron chi connectivity index (χ4n) is 4.60. The average molecular weight is 489 g/mol. The highest BCUT2D eigenvalue weighted by Gasteiger charge is 2.46. The van der Waals surface area contributed by atoms with E-state index in [1.807, 2.05) is 54.6 Å². The maximum absolute atomic E-state index is 13.6. The molecule has 2 fully saturated rings. The molecule has 0 saturated carbocycles. The quantitative estimate of drug-likeness (QED) is 0.528. The second-order valence-corrected chi connectivity index (χ2v) is 10.8. The van der Waals surface area contributed by atoms with E-state index in [2.05, 4.69) is 0 Å². The molecule has 4 rings (SSSR count). The number of benzene rings is 2. The summed E-state index contributed by atoms with van der Waals surface area (Å²) < 4.78 is 39.7. The first-order valence-corrected chi connectivity index (χ1v) is 13.2. The number of ether oxygens (including phenoxy) is 2.